The minimum Gasteiger partial charge on any atom is -0.461 e. The number of nitrogens with one attached hydrogen (secondary N) is 3. The van der Waals surface area contributed by atoms with Crippen molar-refractivity contribution in [2.45, 2.75) is 26.3 Å². The van der Waals surface area contributed by atoms with Gasteiger partial charge in [-0.1, -0.05) is 36.8 Å². The van der Waals surface area contributed by atoms with Gasteiger partial charge in [0.25, 0.3) is 0 Å². The van der Waals surface area contributed by atoms with E-state index in [1.54, 1.807) is 13.3 Å². The van der Waals surface area contributed by atoms with Crippen LogP contribution in [0.3, 0.4) is 0 Å². The van der Waals surface area contributed by atoms with Crippen LogP contribution in [-0.2, 0) is 6.54 Å². The number of rotatable bonds is 6. The summed E-state index contributed by atoms with van der Waals surface area (Å²) in [6.45, 7) is 5.57. The van der Waals surface area contributed by atoms with Crippen LogP contribution in [0.4, 0.5) is 0 Å². The zero-order valence-electron chi connectivity index (χ0n) is 15.7. The van der Waals surface area contributed by atoms with Crippen LogP contribution in [0.5, 0.6) is 0 Å². The molecule has 0 saturated heterocycles. The Morgan fingerprint density at radius 3 is 2.67 bits per heavy atom. The normalized spacial score (nSPS) is 12.3. The van der Waals surface area contributed by atoms with E-state index >= 15 is 0 Å². The molecule has 0 amide bonds. The van der Waals surface area contributed by atoms with E-state index in [1.165, 1.54) is 11.1 Å². The highest BCUT2D eigenvalue weighted by molar-refractivity contribution is 14.0. The Labute approximate surface area is 176 Å². The molecule has 1 atom stereocenters. The number of H-pyrrole nitrogens is 1. The number of aromatic amines is 1. The predicted molar refractivity (Wildman–Crippen MR) is 117 cm³/mol. The van der Waals surface area contributed by atoms with Crippen LogP contribution in [-0.4, -0.2) is 34.7 Å². The Bertz CT molecular complexity index is 841. The second kappa shape index (κ2) is 10.1. The monoisotopic (exact) mass is 480 g/mol. The molecule has 0 spiro atoms. The number of furan rings is 1. The van der Waals surface area contributed by atoms with E-state index in [9.17, 15) is 0 Å². The highest BCUT2D eigenvalue weighted by Crippen LogP contribution is 2.15. The molecule has 27 heavy (non-hydrogen) atoms. The summed E-state index contributed by atoms with van der Waals surface area (Å²) in [5.41, 5.74) is 2.57. The van der Waals surface area contributed by atoms with Gasteiger partial charge in [-0.25, -0.2) is 4.98 Å². The van der Waals surface area contributed by atoms with Gasteiger partial charge in [0.2, 0.25) is 5.82 Å². The Kier molecular flexibility index (Phi) is 7.83. The lowest BCUT2D eigenvalue weighted by molar-refractivity contribution is 0.577. The summed E-state index contributed by atoms with van der Waals surface area (Å²) in [5, 5.41) is 13.6. The SMILES string of the molecule is CN=C(NCc1nc(-c2ccco2)n[nH]1)NCC(C)c1ccc(C)cc1.I. The van der Waals surface area contributed by atoms with E-state index in [0.717, 1.165) is 12.5 Å². The van der Waals surface area contributed by atoms with Gasteiger partial charge in [-0.05, 0) is 30.5 Å². The summed E-state index contributed by atoms with van der Waals surface area (Å²) in [7, 11) is 1.75. The maximum Gasteiger partial charge on any atom is 0.216 e. The van der Waals surface area contributed by atoms with Crippen LogP contribution in [0.25, 0.3) is 11.6 Å². The number of aromatic nitrogens is 3. The summed E-state index contributed by atoms with van der Waals surface area (Å²) in [4.78, 5) is 8.66. The highest BCUT2D eigenvalue weighted by Gasteiger charge is 2.10. The van der Waals surface area contributed by atoms with Gasteiger partial charge in [-0.3, -0.25) is 10.1 Å². The fourth-order valence-corrected chi connectivity index (χ4v) is 2.54. The van der Waals surface area contributed by atoms with Gasteiger partial charge < -0.3 is 15.1 Å². The van der Waals surface area contributed by atoms with Gasteiger partial charge >= 0.3 is 0 Å². The molecule has 3 aromatic rings. The number of halogens is 1. The fraction of sp³-hybridized carbons (Fsp3) is 0.316. The molecule has 3 N–H and O–H groups in total. The second-order valence-corrected chi connectivity index (χ2v) is 6.20. The molecule has 0 fully saturated rings. The predicted octanol–water partition coefficient (Wildman–Crippen LogP) is 3.46. The third kappa shape index (κ3) is 5.81. The third-order valence-electron chi connectivity index (χ3n) is 4.14. The van der Waals surface area contributed by atoms with Crippen LogP contribution >= 0.6 is 24.0 Å². The maximum atomic E-state index is 5.29. The van der Waals surface area contributed by atoms with Crippen molar-refractivity contribution in [3.8, 4) is 11.6 Å². The first-order valence-corrected chi connectivity index (χ1v) is 8.62. The van der Waals surface area contributed by atoms with Gasteiger partial charge in [0.05, 0.1) is 12.8 Å². The first-order valence-electron chi connectivity index (χ1n) is 8.62. The molecule has 0 aliphatic carbocycles. The van der Waals surface area contributed by atoms with Crippen LogP contribution in [0, 0.1) is 6.92 Å². The smallest absolute Gasteiger partial charge is 0.216 e. The average Bonchev–Trinajstić information content (AvgIpc) is 3.34. The minimum atomic E-state index is 0. The van der Waals surface area contributed by atoms with E-state index in [2.05, 4.69) is 68.9 Å². The standard InChI is InChI=1S/C19H24N6O.HI/c1-13-6-8-15(9-7-13)14(2)11-21-19(20-3)22-12-17-23-18(25-24-17)16-5-4-10-26-16;/h4-10,14H,11-12H2,1-3H3,(H2,20,21,22)(H,23,24,25);1H. The summed E-state index contributed by atoms with van der Waals surface area (Å²) in [5.74, 6) is 3.00. The van der Waals surface area contributed by atoms with Crippen LogP contribution < -0.4 is 10.6 Å². The number of hydrogen-bond donors (Lipinski definition) is 3. The molecular formula is C19H25IN6O. The van der Waals surface area contributed by atoms with Gasteiger partial charge in [0.15, 0.2) is 11.7 Å². The first kappa shape index (κ1) is 20.9. The Balaban J connectivity index is 0.00000261. The van der Waals surface area contributed by atoms with E-state index in [4.69, 9.17) is 4.42 Å². The highest BCUT2D eigenvalue weighted by atomic mass is 127. The molecule has 8 heteroatoms. The summed E-state index contributed by atoms with van der Waals surface area (Å²) in [6.07, 6.45) is 1.60. The van der Waals surface area contributed by atoms with Crippen molar-refractivity contribution in [1.82, 2.24) is 25.8 Å². The molecular weight excluding hydrogens is 455 g/mol. The molecule has 0 bridgehead atoms. The molecule has 2 aromatic heterocycles. The van der Waals surface area contributed by atoms with Crippen LogP contribution in [0.1, 0.15) is 29.8 Å². The van der Waals surface area contributed by atoms with Crippen molar-refractivity contribution in [3.05, 3.63) is 59.6 Å². The van der Waals surface area contributed by atoms with Crippen molar-refractivity contribution in [2.75, 3.05) is 13.6 Å². The minimum absolute atomic E-state index is 0. The van der Waals surface area contributed by atoms with Gasteiger partial charge in [0.1, 0.15) is 5.82 Å². The number of aliphatic imine (C=N–C) groups is 1. The van der Waals surface area contributed by atoms with Crippen molar-refractivity contribution >= 4 is 29.9 Å². The molecule has 144 valence electrons. The molecule has 1 aromatic carbocycles. The lowest BCUT2D eigenvalue weighted by Crippen LogP contribution is -2.38. The van der Waals surface area contributed by atoms with Crippen molar-refractivity contribution < 1.29 is 4.42 Å². The van der Waals surface area contributed by atoms with Gasteiger partial charge in [-0.15, -0.1) is 29.1 Å². The van der Waals surface area contributed by atoms with E-state index in [-0.39, 0.29) is 24.0 Å². The number of guanidine groups is 1. The molecule has 0 aliphatic rings. The summed E-state index contributed by atoms with van der Waals surface area (Å²) in [6, 6.07) is 12.3. The van der Waals surface area contributed by atoms with Gasteiger partial charge in [0, 0.05) is 13.6 Å². The van der Waals surface area contributed by atoms with Crippen molar-refractivity contribution in [3.63, 3.8) is 0 Å². The zero-order chi connectivity index (χ0) is 18.4. The molecule has 7 nitrogen and oxygen atoms in total. The quantitative estimate of drug-likeness (QED) is 0.286. The topological polar surface area (TPSA) is 91.1 Å². The van der Waals surface area contributed by atoms with E-state index in [0.29, 0.717) is 29.9 Å². The fourth-order valence-electron chi connectivity index (χ4n) is 2.54. The average molecular weight is 480 g/mol. The first-order chi connectivity index (χ1) is 12.7. The number of hydrogen-bond acceptors (Lipinski definition) is 4. The maximum absolute atomic E-state index is 5.29. The molecule has 1 unspecified atom stereocenters. The molecule has 0 saturated carbocycles. The number of benzene rings is 1. The van der Waals surface area contributed by atoms with Crippen molar-refractivity contribution in [2.24, 2.45) is 4.99 Å². The second-order valence-electron chi connectivity index (χ2n) is 6.20. The lowest BCUT2D eigenvalue weighted by atomic mass is 10.0. The van der Waals surface area contributed by atoms with Crippen LogP contribution in [0.15, 0.2) is 52.1 Å². The molecule has 0 aliphatic heterocycles. The summed E-state index contributed by atoms with van der Waals surface area (Å²) >= 11 is 0. The number of aryl methyl sites for hydroxylation is 1. The van der Waals surface area contributed by atoms with Crippen LogP contribution in [0.2, 0.25) is 0 Å². The molecule has 2 heterocycles. The zero-order valence-corrected chi connectivity index (χ0v) is 18.0. The summed E-state index contributed by atoms with van der Waals surface area (Å²) < 4.78 is 5.29. The largest absolute Gasteiger partial charge is 0.461 e. The molecule has 0 radical (unpaired) electrons. The van der Waals surface area contributed by atoms with Crippen molar-refractivity contribution in [1.29, 1.82) is 0 Å². The van der Waals surface area contributed by atoms with E-state index in [1.807, 2.05) is 12.1 Å². The Morgan fingerprint density at radius 1 is 1.22 bits per heavy atom. The number of nitrogens with zero attached hydrogens (tertiary/aromatic N) is 3. The van der Waals surface area contributed by atoms with Gasteiger partial charge in [-0.2, -0.15) is 0 Å². The third-order valence-corrected chi connectivity index (χ3v) is 4.14. The lowest BCUT2D eigenvalue weighted by Gasteiger charge is -2.16. The van der Waals surface area contributed by atoms with E-state index < -0.39 is 0 Å². The Hall–Kier alpha value is -2.36. The Morgan fingerprint density at radius 2 is 2.00 bits per heavy atom. The molecule has 3 rings (SSSR count).